The molecule has 2 aliphatic heterocycles. The number of carbonyl (C=O) groups excluding carboxylic acids is 2. The molecule has 0 spiro atoms. The number of likely N-dealkylation sites (N-methyl/N-ethyl adjacent to an activating group) is 1. The van der Waals surface area contributed by atoms with Gasteiger partial charge in [-0.3, -0.25) is 14.6 Å². The number of hydrogen-bond donors (Lipinski definition) is 2. The van der Waals surface area contributed by atoms with E-state index in [2.05, 4.69) is 51.8 Å². The van der Waals surface area contributed by atoms with Crippen LogP contribution in [0.15, 0.2) is 54.7 Å². The molecule has 2 amide bonds. The van der Waals surface area contributed by atoms with Crippen LogP contribution in [-0.4, -0.2) is 68.1 Å². The number of hydrogen-bond acceptors (Lipinski definition) is 6. The summed E-state index contributed by atoms with van der Waals surface area (Å²) in [5.41, 5.74) is 3.20. The first-order valence-corrected chi connectivity index (χ1v) is 14.3. The fraction of sp³-hybridized carbons (Fsp3) is 0.516. The summed E-state index contributed by atoms with van der Waals surface area (Å²) in [6.45, 7) is 4.28. The smallest absolute Gasteiger partial charge is 0.236 e. The second-order valence-corrected chi connectivity index (χ2v) is 11.1. The molecule has 2 atom stereocenters. The Bertz CT molecular complexity index is 1150. The van der Waals surface area contributed by atoms with Gasteiger partial charge in [0.15, 0.2) is 0 Å². The van der Waals surface area contributed by atoms with Crippen LogP contribution in [0.25, 0.3) is 0 Å². The van der Waals surface area contributed by atoms with E-state index in [4.69, 9.17) is 4.74 Å². The summed E-state index contributed by atoms with van der Waals surface area (Å²) < 4.78 is 6.18. The van der Waals surface area contributed by atoms with Crippen molar-refractivity contribution in [3.8, 4) is 5.75 Å². The number of fused-ring (bicyclic) bond motifs is 3. The van der Waals surface area contributed by atoms with Crippen LogP contribution in [0, 0.1) is 17.8 Å². The van der Waals surface area contributed by atoms with Crippen molar-refractivity contribution in [3.05, 3.63) is 66.0 Å². The molecule has 208 valence electrons. The number of nitrogens with one attached hydrogen (secondary N) is 2. The van der Waals surface area contributed by atoms with Gasteiger partial charge >= 0.3 is 0 Å². The van der Waals surface area contributed by atoms with Crippen molar-refractivity contribution >= 4 is 17.5 Å². The number of aromatic nitrogens is 1. The summed E-state index contributed by atoms with van der Waals surface area (Å²) in [5.74, 6) is 2.12. The summed E-state index contributed by atoms with van der Waals surface area (Å²) in [7, 11) is 2.08. The summed E-state index contributed by atoms with van der Waals surface area (Å²) in [5, 5.41) is 6.46. The average molecular weight is 532 g/mol. The monoisotopic (exact) mass is 531 g/mol. The maximum atomic E-state index is 13.1. The maximum absolute atomic E-state index is 13.1. The van der Waals surface area contributed by atoms with Crippen LogP contribution < -0.4 is 20.3 Å². The number of rotatable bonds is 8. The molecule has 2 aromatic rings. The molecule has 1 saturated carbocycles. The van der Waals surface area contributed by atoms with E-state index in [0.717, 1.165) is 48.6 Å². The fourth-order valence-electron chi connectivity index (χ4n) is 5.44. The molecule has 1 saturated heterocycles. The first kappa shape index (κ1) is 27.2. The molecular formula is C31H41N5O3. The van der Waals surface area contributed by atoms with E-state index in [1.54, 1.807) is 0 Å². The Morgan fingerprint density at radius 2 is 2.10 bits per heavy atom. The van der Waals surface area contributed by atoms with Crippen LogP contribution in [-0.2, 0) is 22.6 Å². The van der Waals surface area contributed by atoms with Crippen molar-refractivity contribution < 1.29 is 14.3 Å². The molecule has 1 aliphatic carbocycles. The SMILES string of the molecule is CN(CCc1ccccn1)c1ccc2c(c1)CNCC(=O)N1CC[C@@H](CC(=O)NCC3CC3)[C@@H](/C=C/CO2)C1. The number of benzene rings is 1. The molecule has 0 unspecified atom stereocenters. The topological polar surface area (TPSA) is 86.8 Å². The lowest BCUT2D eigenvalue weighted by molar-refractivity contribution is -0.132. The lowest BCUT2D eigenvalue weighted by Gasteiger charge is -2.37. The van der Waals surface area contributed by atoms with Crippen LogP contribution >= 0.6 is 0 Å². The van der Waals surface area contributed by atoms with Crippen molar-refractivity contribution in [2.24, 2.45) is 17.8 Å². The molecule has 2 bridgehead atoms. The second-order valence-electron chi connectivity index (χ2n) is 11.1. The number of ether oxygens (including phenoxy) is 1. The molecule has 0 radical (unpaired) electrons. The number of carbonyl (C=O) groups is 2. The van der Waals surface area contributed by atoms with Crippen LogP contribution in [0.2, 0.25) is 0 Å². The first-order chi connectivity index (χ1) is 19.0. The molecular weight excluding hydrogens is 490 g/mol. The Morgan fingerprint density at radius 1 is 1.21 bits per heavy atom. The van der Waals surface area contributed by atoms with Gasteiger partial charge in [-0.2, -0.15) is 0 Å². The lowest BCUT2D eigenvalue weighted by Crippen LogP contribution is -2.47. The Labute approximate surface area is 231 Å². The molecule has 39 heavy (non-hydrogen) atoms. The van der Waals surface area contributed by atoms with Crippen molar-refractivity contribution in [2.75, 3.05) is 51.3 Å². The Hall–Kier alpha value is -3.39. The number of amides is 2. The van der Waals surface area contributed by atoms with E-state index < -0.39 is 0 Å². The molecule has 2 fully saturated rings. The van der Waals surface area contributed by atoms with Gasteiger partial charge in [0.05, 0.1) is 6.54 Å². The highest BCUT2D eigenvalue weighted by molar-refractivity contribution is 5.79. The van der Waals surface area contributed by atoms with Crippen molar-refractivity contribution in [2.45, 2.75) is 38.6 Å². The van der Waals surface area contributed by atoms with Gasteiger partial charge < -0.3 is 25.2 Å². The molecule has 5 rings (SSSR count). The summed E-state index contributed by atoms with van der Waals surface area (Å²) in [4.78, 5) is 34.2. The van der Waals surface area contributed by atoms with Gasteiger partial charge in [0.1, 0.15) is 12.4 Å². The van der Waals surface area contributed by atoms with Gasteiger partial charge in [-0.1, -0.05) is 18.2 Å². The van der Waals surface area contributed by atoms with E-state index in [0.29, 0.717) is 38.6 Å². The Kier molecular flexibility index (Phi) is 9.14. The Balaban J connectivity index is 1.23. The minimum absolute atomic E-state index is 0.107. The predicted molar refractivity (Wildman–Crippen MR) is 153 cm³/mol. The van der Waals surface area contributed by atoms with E-state index in [1.807, 2.05) is 35.4 Å². The quantitative estimate of drug-likeness (QED) is 0.509. The zero-order valence-corrected chi connectivity index (χ0v) is 23.0. The molecule has 8 nitrogen and oxygen atoms in total. The van der Waals surface area contributed by atoms with Gasteiger partial charge in [-0.15, -0.1) is 0 Å². The third-order valence-electron chi connectivity index (χ3n) is 8.12. The maximum Gasteiger partial charge on any atom is 0.236 e. The zero-order chi connectivity index (χ0) is 27.0. The number of anilines is 1. The third kappa shape index (κ3) is 7.82. The molecule has 1 aromatic heterocycles. The van der Waals surface area contributed by atoms with Crippen molar-refractivity contribution in [1.82, 2.24) is 20.5 Å². The predicted octanol–water partition coefficient (Wildman–Crippen LogP) is 3.18. The number of piperidine rings is 1. The van der Waals surface area contributed by atoms with Gasteiger partial charge in [0.25, 0.3) is 0 Å². The normalized spacial score (nSPS) is 22.4. The highest BCUT2D eigenvalue weighted by Crippen LogP contribution is 2.30. The van der Waals surface area contributed by atoms with Crippen molar-refractivity contribution in [1.29, 1.82) is 0 Å². The number of nitrogens with zero attached hydrogens (tertiary/aromatic N) is 3. The average Bonchev–Trinajstić information content (AvgIpc) is 3.79. The van der Waals surface area contributed by atoms with Crippen LogP contribution in [0.4, 0.5) is 5.69 Å². The van der Waals surface area contributed by atoms with Crippen molar-refractivity contribution in [3.63, 3.8) is 0 Å². The van der Waals surface area contributed by atoms with Crippen LogP contribution in [0.5, 0.6) is 5.75 Å². The summed E-state index contributed by atoms with van der Waals surface area (Å²) in [6, 6.07) is 12.2. The minimum atomic E-state index is 0.107. The molecule has 1 aromatic carbocycles. The summed E-state index contributed by atoms with van der Waals surface area (Å²) in [6.07, 6.45) is 10.7. The highest BCUT2D eigenvalue weighted by atomic mass is 16.5. The molecule has 2 N–H and O–H groups in total. The largest absolute Gasteiger partial charge is 0.489 e. The molecule has 8 heteroatoms. The highest BCUT2D eigenvalue weighted by Gasteiger charge is 2.32. The second kappa shape index (κ2) is 13.1. The van der Waals surface area contributed by atoms with E-state index >= 15 is 0 Å². The van der Waals surface area contributed by atoms with E-state index in [9.17, 15) is 9.59 Å². The van der Waals surface area contributed by atoms with Gasteiger partial charge in [-0.05, 0) is 67.3 Å². The van der Waals surface area contributed by atoms with Crippen LogP contribution in [0.3, 0.4) is 0 Å². The molecule has 3 aliphatic rings. The van der Waals surface area contributed by atoms with Gasteiger partial charge in [0, 0.05) is 75.8 Å². The number of pyridine rings is 1. The third-order valence-corrected chi connectivity index (χ3v) is 8.12. The zero-order valence-electron chi connectivity index (χ0n) is 23.0. The summed E-state index contributed by atoms with van der Waals surface area (Å²) >= 11 is 0. The Morgan fingerprint density at radius 3 is 2.92 bits per heavy atom. The van der Waals surface area contributed by atoms with E-state index in [1.165, 1.54) is 12.8 Å². The standard InChI is InChI=1S/C31H41N5O3/c1-35(14-12-27-6-2-3-13-33-27)28-9-10-29-26(17-28)20-32-21-31(38)36-15-11-24(25(22-36)5-4-16-39-29)18-30(37)34-19-23-7-8-23/h2-6,9-10,13,17,23-25,32H,7-8,11-12,14-16,18-22H2,1H3,(H,34,37)/b5-4+/t24-,25-/m0/s1. The van der Waals surface area contributed by atoms with Gasteiger partial charge in [-0.25, -0.2) is 0 Å². The lowest BCUT2D eigenvalue weighted by atomic mass is 9.82. The van der Waals surface area contributed by atoms with Crippen LogP contribution in [0.1, 0.15) is 36.9 Å². The minimum Gasteiger partial charge on any atom is -0.489 e. The van der Waals surface area contributed by atoms with E-state index in [-0.39, 0.29) is 30.2 Å². The first-order valence-electron chi connectivity index (χ1n) is 14.3. The van der Waals surface area contributed by atoms with Gasteiger partial charge in [0.2, 0.25) is 11.8 Å². The fourth-order valence-corrected chi connectivity index (χ4v) is 5.44. The molecule has 3 heterocycles.